The molecule has 0 spiro atoms. The molecule has 0 saturated carbocycles. The molecule has 0 aromatic heterocycles. The van der Waals surface area contributed by atoms with Gasteiger partial charge in [-0.3, -0.25) is 0 Å². The Balaban J connectivity index is 2.11. The highest BCUT2D eigenvalue weighted by Gasteiger charge is 2.13. The third-order valence-electron chi connectivity index (χ3n) is 3.41. The van der Waals surface area contributed by atoms with E-state index in [0.717, 1.165) is 0 Å². The third kappa shape index (κ3) is 3.42. The van der Waals surface area contributed by atoms with Crippen LogP contribution in [-0.2, 0) is 0 Å². The molecule has 100 valence electrons. The Hall–Kier alpha value is -1.67. The van der Waals surface area contributed by atoms with Gasteiger partial charge >= 0.3 is 0 Å². The van der Waals surface area contributed by atoms with Crippen LogP contribution in [0.4, 0.5) is 4.39 Å². The Bertz CT molecular complexity index is 550. The van der Waals surface area contributed by atoms with E-state index in [0.29, 0.717) is 5.56 Å². The first-order valence-electron chi connectivity index (χ1n) is 6.65. The van der Waals surface area contributed by atoms with Crippen LogP contribution < -0.4 is 5.32 Å². The van der Waals surface area contributed by atoms with E-state index in [-0.39, 0.29) is 17.9 Å². The van der Waals surface area contributed by atoms with Crippen LogP contribution in [0.3, 0.4) is 0 Å². The van der Waals surface area contributed by atoms with E-state index in [2.05, 4.69) is 43.4 Å². The fraction of sp³-hybridized carbons (Fsp3) is 0.294. The largest absolute Gasteiger partial charge is 0.304 e. The number of rotatable bonds is 4. The van der Waals surface area contributed by atoms with E-state index in [1.807, 2.05) is 19.1 Å². The van der Waals surface area contributed by atoms with Crippen molar-refractivity contribution in [1.82, 2.24) is 5.32 Å². The average Bonchev–Trinajstić information content (AvgIpc) is 2.39. The molecule has 0 saturated heterocycles. The number of halogens is 1. The molecule has 1 nitrogen and oxygen atoms in total. The van der Waals surface area contributed by atoms with Gasteiger partial charge < -0.3 is 5.32 Å². The standard InChI is InChI=1S/C17H20FN/c1-12-7-6-8-15(11-12)13(2)19-14(3)16-9-4-5-10-17(16)18/h4-11,13-14,19H,1-3H3. The second kappa shape index (κ2) is 5.98. The van der Waals surface area contributed by atoms with Crippen LogP contribution in [0.15, 0.2) is 48.5 Å². The van der Waals surface area contributed by atoms with Crippen LogP contribution in [0.5, 0.6) is 0 Å². The van der Waals surface area contributed by atoms with Gasteiger partial charge in [-0.2, -0.15) is 0 Å². The smallest absolute Gasteiger partial charge is 0.127 e. The summed E-state index contributed by atoms with van der Waals surface area (Å²) in [6.45, 7) is 6.17. The molecule has 0 radical (unpaired) electrons. The van der Waals surface area contributed by atoms with Crippen LogP contribution >= 0.6 is 0 Å². The van der Waals surface area contributed by atoms with Gasteiger partial charge in [-0.25, -0.2) is 4.39 Å². The van der Waals surface area contributed by atoms with E-state index in [4.69, 9.17) is 0 Å². The summed E-state index contributed by atoms with van der Waals surface area (Å²) >= 11 is 0. The number of hydrogen-bond acceptors (Lipinski definition) is 1. The summed E-state index contributed by atoms with van der Waals surface area (Å²) < 4.78 is 13.7. The zero-order chi connectivity index (χ0) is 13.8. The minimum atomic E-state index is -0.154. The van der Waals surface area contributed by atoms with Crippen LogP contribution in [0.25, 0.3) is 0 Å². The first-order valence-corrected chi connectivity index (χ1v) is 6.65. The maximum atomic E-state index is 13.7. The van der Waals surface area contributed by atoms with Crippen molar-refractivity contribution in [2.45, 2.75) is 32.9 Å². The van der Waals surface area contributed by atoms with E-state index < -0.39 is 0 Å². The first-order chi connectivity index (χ1) is 9.08. The van der Waals surface area contributed by atoms with Crippen LogP contribution in [0.2, 0.25) is 0 Å². The van der Waals surface area contributed by atoms with E-state index in [1.54, 1.807) is 6.07 Å². The summed E-state index contributed by atoms with van der Waals surface area (Å²) in [7, 11) is 0. The molecule has 0 aliphatic carbocycles. The number of benzene rings is 2. The second-order valence-corrected chi connectivity index (χ2v) is 5.05. The normalized spacial score (nSPS) is 14.1. The van der Waals surface area contributed by atoms with Crippen molar-refractivity contribution >= 4 is 0 Å². The van der Waals surface area contributed by atoms with E-state index in [9.17, 15) is 4.39 Å². The van der Waals surface area contributed by atoms with Crippen molar-refractivity contribution in [2.24, 2.45) is 0 Å². The maximum Gasteiger partial charge on any atom is 0.127 e. The fourth-order valence-electron chi connectivity index (χ4n) is 2.33. The lowest BCUT2D eigenvalue weighted by molar-refractivity contribution is 0.474. The third-order valence-corrected chi connectivity index (χ3v) is 3.41. The molecule has 0 heterocycles. The summed E-state index contributed by atoms with van der Waals surface area (Å²) in [5.41, 5.74) is 3.18. The number of nitrogens with one attached hydrogen (secondary N) is 1. The second-order valence-electron chi connectivity index (χ2n) is 5.05. The number of hydrogen-bond donors (Lipinski definition) is 1. The summed E-state index contributed by atoms with van der Waals surface area (Å²) in [5.74, 6) is -0.154. The van der Waals surface area contributed by atoms with E-state index in [1.165, 1.54) is 17.2 Å². The van der Waals surface area contributed by atoms with Crippen molar-refractivity contribution in [3.05, 3.63) is 71.0 Å². The maximum absolute atomic E-state index is 13.7. The molecule has 2 unspecified atom stereocenters. The molecule has 0 aliphatic heterocycles. The van der Waals surface area contributed by atoms with Gasteiger partial charge in [0.25, 0.3) is 0 Å². The Kier molecular flexibility index (Phi) is 4.33. The predicted molar refractivity (Wildman–Crippen MR) is 77.5 cm³/mol. The van der Waals surface area contributed by atoms with Gasteiger partial charge in [0, 0.05) is 17.6 Å². The Morgan fingerprint density at radius 2 is 1.68 bits per heavy atom. The van der Waals surface area contributed by atoms with Crippen LogP contribution in [0, 0.1) is 12.7 Å². The van der Waals surface area contributed by atoms with Crippen molar-refractivity contribution in [1.29, 1.82) is 0 Å². The summed E-state index contributed by atoms with van der Waals surface area (Å²) in [6.07, 6.45) is 0. The Morgan fingerprint density at radius 3 is 2.37 bits per heavy atom. The highest BCUT2D eigenvalue weighted by molar-refractivity contribution is 5.26. The van der Waals surface area contributed by atoms with Gasteiger partial charge in [0.15, 0.2) is 0 Å². The average molecular weight is 257 g/mol. The molecule has 2 rings (SSSR count). The van der Waals surface area contributed by atoms with Gasteiger partial charge in [-0.1, -0.05) is 48.0 Å². The minimum Gasteiger partial charge on any atom is -0.304 e. The van der Waals surface area contributed by atoms with Gasteiger partial charge in [0.2, 0.25) is 0 Å². The zero-order valence-electron chi connectivity index (χ0n) is 11.7. The van der Waals surface area contributed by atoms with Crippen molar-refractivity contribution < 1.29 is 4.39 Å². The van der Waals surface area contributed by atoms with Crippen molar-refractivity contribution in [2.75, 3.05) is 0 Å². The molecule has 0 amide bonds. The molecular formula is C17H20FN. The summed E-state index contributed by atoms with van der Waals surface area (Å²) in [4.78, 5) is 0. The van der Waals surface area contributed by atoms with Crippen molar-refractivity contribution in [3.8, 4) is 0 Å². The highest BCUT2D eigenvalue weighted by atomic mass is 19.1. The minimum absolute atomic E-state index is 0.0169. The fourth-order valence-corrected chi connectivity index (χ4v) is 2.33. The lowest BCUT2D eigenvalue weighted by Crippen LogP contribution is -2.23. The zero-order valence-corrected chi connectivity index (χ0v) is 11.7. The number of aryl methyl sites for hydroxylation is 1. The molecule has 0 fully saturated rings. The van der Waals surface area contributed by atoms with Gasteiger partial charge in [-0.15, -0.1) is 0 Å². The van der Waals surface area contributed by atoms with Crippen LogP contribution in [0.1, 0.15) is 42.6 Å². The highest BCUT2D eigenvalue weighted by Crippen LogP contribution is 2.21. The molecule has 2 aromatic rings. The molecule has 0 aliphatic rings. The summed E-state index contributed by atoms with van der Waals surface area (Å²) in [6, 6.07) is 15.5. The Morgan fingerprint density at radius 1 is 0.947 bits per heavy atom. The molecule has 2 aromatic carbocycles. The lowest BCUT2D eigenvalue weighted by Gasteiger charge is -2.21. The quantitative estimate of drug-likeness (QED) is 0.847. The van der Waals surface area contributed by atoms with E-state index >= 15 is 0 Å². The Labute approximate surface area is 114 Å². The SMILES string of the molecule is Cc1cccc(C(C)NC(C)c2ccccc2F)c1. The van der Waals surface area contributed by atoms with Gasteiger partial charge in [0.05, 0.1) is 0 Å². The van der Waals surface area contributed by atoms with Gasteiger partial charge in [0.1, 0.15) is 5.82 Å². The van der Waals surface area contributed by atoms with Crippen LogP contribution in [-0.4, -0.2) is 0 Å². The predicted octanol–water partition coefficient (Wildman–Crippen LogP) is 4.55. The molecule has 2 heteroatoms. The topological polar surface area (TPSA) is 12.0 Å². The lowest BCUT2D eigenvalue weighted by atomic mass is 10.0. The molecular weight excluding hydrogens is 237 g/mol. The molecule has 2 atom stereocenters. The molecule has 1 N–H and O–H groups in total. The molecule has 0 bridgehead atoms. The summed E-state index contributed by atoms with van der Waals surface area (Å²) in [5, 5.41) is 3.44. The van der Waals surface area contributed by atoms with Crippen molar-refractivity contribution in [3.63, 3.8) is 0 Å². The first kappa shape index (κ1) is 13.8. The molecule has 19 heavy (non-hydrogen) atoms. The van der Waals surface area contributed by atoms with Gasteiger partial charge in [-0.05, 0) is 32.4 Å². The monoisotopic (exact) mass is 257 g/mol.